The molecule has 0 aliphatic rings. The highest BCUT2D eigenvalue weighted by atomic mass is 15.4. The van der Waals surface area contributed by atoms with Crippen LogP contribution in [0.25, 0.3) is 11.4 Å². The molecule has 96 valence electrons. The quantitative estimate of drug-likeness (QED) is 0.889. The van der Waals surface area contributed by atoms with Crippen LogP contribution in [-0.4, -0.2) is 31.5 Å². The second kappa shape index (κ2) is 5.12. The van der Waals surface area contributed by atoms with Crippen LogP contribution in [0.2, 0.25) is 0 Å². The molecule has 0 atom stereocenters. The first-order valence-electron chi connectivity index (χ1n) is 6.07. The Bertz CT molecular complexity index is 545. The maximum atomic E-state index is 4.60. The van der Waals surface area contributed by atoms with Crippen molar-refractivity contribution in [3.05, 3.63) is 17.6 Å². The van der Waals surface area contributed by atoms with Gasteiger partial charge in [0.1, 0.15) is 11.4 Å². The van der Waals surface area contributed by atoms with Crippen LogP contribution >= 0.6 is 0 Å². The van der Waals surface area contributed by atoms with Crippen molar-refractivity contribution in [1.29, 1.82) is 0 Å². The number of aryl methyl sites for hydroxylation is 3. The minimum Gasteiger partial charge on any atom is -0.368 e. The molecule has 2 aromatic rings. The van der Waals surface area contributed by atoms with E-state index in [1.165, 1.54) is 0 Å². The molecular formula is C12H18N6. The van der Waals surface area contributed by atoms with E-state index in [2.05, 4.69) is 32.5 Å². The van der Waals surface area contributed by atoms with Gasteiger partial charge in [-0.15, -0.1) is 5.10 Å². The number of nitrogens with zero attached hydrogens (tertiary/aromatic N) is 5. The third-order valence-corrected chi connectivity index (χ3v) is 2.81. The van der Waals surface area contributed by atoms with Crippen LogP contribution in [0.15, 0.2) is 6.20 Å². The van der Waals surface area contributed by atoms with Crippen molar-refractivity contribution < 1.29 is 0 Å². The lowest BCUT2D eigenvalue weighted by atomic mass is 10.2. The minimum absolute atomic E-state index is 0.797. The second-order valence-corrected chi connectivity index (χ2v) is 4.26. The molecule has 0 saturated carbocycles. The predicted molar refractivity (Wildman–Crippen MR) is 70.3 cm³/mol. The molecule has 0 bridgehead atoms. The van der Waals surface area contributed by atoms with Crippen molar-refractivity contribution in [2.24, 2.45) is 7.05 Å². The smallest absolute Gasteiger partial charge is 0.154 e. The average Bonchev–Trinajstić information content (AvgIpc) is 2.76. The Balaban J connectivity index is 2.50. The van der Waals surface area contributed by atoms with Crippen LogP contribution in [0.5, 0.6) is 0 Å². The Kier molecular flexibility index (Phi) is 3.55. The van der Waals surface area contributed by atoms with Gasteiger partial charge in [0.05, 0.1) is 17.6 Å². The molecule has 0 aliphatic carbocycles. The number of hydrogen-bond donors (Lipinski definition) is 1. The van der Waals surface area contributed by atoms with Gasteiger partial charge in [0, 0.05) is 13.6 Å². The highest BCUT2D eigenvalue weighted by molar-refractivity contribution is 5.68. The van der Waals surface area contributed by atoms with Gasteiger partial charge in [0.15, 0.2) is 5.82 Å². The molecule has 0 saturated heterocycles. The van der Waals surface area contributed by atoms with E-state index in [-0.39, 0.29) is 0 Å². The molecule has 0 aliphatic heterocycles. The topological polar surface area (TPSA) is 68.5 Å². The lowest BCUT2D eigenvalue weighted by Gasteiger charge is -2.11. The molecule has 2 aromatic heterocycles. The summed E-state index contributed by atoms with van der Waals surface area (Å²) in [5.41, 5.74) is 3.53. The number of aromatic nitrogens is 5. The lowest BCUT2D eigenvalue weighted by Crippen LogP contribution is -2.09. The van der Waals surface area contributed by atoms with Gasteiger partial charge < -0.3 is 5.32 Å². The Morgan fingerprint density at radius 3 is 2.56 bits per heavy atom. The SMILES string of the molecule is CCCNc1nc(C)c(C)nc1-c1cnnn1C. The molecule has 0 radical (unpaired) electrons. The van der Waals surface area contributed by atoms with Crippen LogP contribution in [0, 0.1) is 13.8 Å². The summed E-state index contributed by atoms with van der Waals surface area (Å²) in [4.78, 5) is 9.17. The molecule has 0 spiro atoms. The standard InChI is InChI=1S/C12H18N6/c1-5-6-13-12-11(10-7-14-17-18(10)4)15-8(2)9(3)16-12/h7H,5-6H2,1-4H3,(H,13,16). The molecule has 0 aromatic carbocycles. The van der Waals surface area contributed by atoms with Crippen LogP contribution in [-0.2, 0) is 7.05 Å². The van der Waals surface area contributed by atoms with Gasteiger partial charge in [-0.3, -0.25) is 0 Å². The van der Waals surface area contributed by atoms with Crippen molar-refractivity contribution >= 4 is 5.82 Å². The zero-order chi connectivity index (χ0) is 13.1. The van der Waals surface area contributed by atoms with Crippen LogP contribution in [0.1, 0.15) is 24.7 Å². The van der Waals surface area contributed by atoms with E-state index in [9.17, 15) is 0 Å². The van der Waals surface area contributed by atoms with E-state index < -0.39 is 0 Å². The van der Waals surface area contributed by atoms with Crippen LogP contribution in [0.4, 0.5) is 5.82 Å². The van der Waals surface area contributed by atoms with Gasteiger partial charge >= 0.3 is 0 Å². The largest absolute Gasteiger partial charge is 0.368 e. The van der Waals surface area contributed by atoms with E-state index in [0.717, 1.165) is 41.6 Å². The summed E-state index contributed by atoms with van der Waals surface area (Å²) in [6.07, 6.45) is 2.74. The second-order valence-electron chi connectivity index (χ2n) is 4.26. The summed E-state index contributed by atoms with van der Waals surface area (Å²) < 4.78 is 1.70. The zero-order valence-electron chi connectivity index (χ0n) is 11.2. The van der Waals surface area contributed by atoms with Crippen molar-refractivity contribution in [2.45, 2.75) is 27.2 Å². The minimum atomic E-state index is 0.797. The molecule has 6 nitrogen and oxygen atoms in total. The zero-order valence-corrected chi connectivity index (χ0v) is 11.2. The molecule has 0 fully saturated rings. The van der Waals surface area contributed by atoms with E-state index in [1.54, 1.807) is 10.9 Å². The van der Waals surface area contributed by atoms with Crippen molar-refractivity contribution in [3.8, 4) is 11.4 Å². The molecule has 0 unspecified atom stereocenters. The predicted octanol–water partition coefficient (Wildman–Crippen LogP) is 1.71. The first-order valence-corrected chi connectivity index (χ1v) is 6.07. The molecule has 1 N–H and O–H groups in total. The number of hydrogen-bond acceptors (Lipinski definition) is 5. The highest BCUT2D eigenvalue weighted by Gasteiger charge is 2.14. The third kappa shape index (κ3) is 2.32. The fourth-order valence-electron chi connectivity index (χ4n) is 1.65. The number of nitrogens with one attached hydrogen (secondary N) is 1. The van der Waals surface area contributed by atoms with Gasteiger partial charge in [0.25, 0.3) is 0 Å². The lowest BCUT2D eigenvalue weighted by molar-refractivity contribution is 0.718. The molecular weight excluding hydrogens is 228 g/mol. The van der Waals surface area contributed by atoms with Crippen molar-refractivity contribution in [2.75, 3.05) is 11.9 Å². The summed E-state index contributed by atoms with van der Waals surface area (Å²) in [6, 6.07) is 0. The third-order valence-electron chi connectivity index (χ3n) is 2.81. The van der Waals surface area contributed by atoms with Gasteiger partial charge in [-0.25, -0.2) is 14.6 Å². The van der Waals surface area contributed by atoms with Crippen LogP contribution < -0.4 is 5.32 Å². The fraction of sp³-hybridized carbons (Fsp3) is 0.500. The Labute approximate surface area is 106 Å². The molecule has 6 heteroatoms. The summed E-state index contributed by atoms with van der Waals surface area (Å²) in [5.74, 6) is 0.797. The normalized spacial score (nSPS) is 10.7. The Morgan fingerprint density at radius 2 is 1.94 bits per heavy atom. The van der Waals surface area contributed by atoms with E-state index in [0.29, 0.717) is 0 Å². The van der Waals surface area contributed by atoms with Gasteiger partial charge in [-0.05, 0) is 20.3 Å². The molecule has 2 rings (SSSR count). The average molecular weight is 246 g/mol. The molecule has 2 heterocycles. The highest BCUT2D eigenvalue weighted by Crippen LogP contribution is 2.24. The van der Waals surface area contributed by atoms with Gasteiger partial charge in [-0.2, -0.15) is 0 Å². The van der Waals surface area contributed by atoms with Crippen LogP contribution in [0.3, 0.4) is 0 Å². The van der Waals surface area contributed by atoms with Gasteiger partial charge in [0.2, 0.25) is 0 Å². The Hall–Kier alpha value is -1.98. The summed E-state index contributed by atoms with van der Waals surface area (Å²) in [6.45, 7) is 6.91. The summed E-state index contributed by atoms with van der Waals surface area (Å²) >= 11 is 0. The van der Waals surface area contributed by atoms with E-state index in [4.69, 9.17) is 0 Å². The number of rotatable bonds is 4. The monoisotopic (exact) mass is 246 g/mol. The molecule has 18 heavy (non-hydrogen) atoms. The molecule has 0 amide bonds. The summed E-state index contributed by atoms with van der Waals surface area (Å²) in [5, 5.41) is 11.1. The van der Waals surface area contributed by atoms with E-state index in [1.807, 2.05) is 20.9 Å². The van der Waals surface area contributed by atoms with Crippen molar-refractivity contribution in [1.82, 2.24) is 25.0 Å². The first-order chi connectivity index (χ1) is 8.63. The maximum absolute atomic E-state index is 4.60. The maximum Gasteiger partial charge on any atom is 0.154 e. The van der Waals surface area contributed by atoms with Crippen molar-refractivity contribution in [3.63, 3.8) is 0 Å². The fourth-order valence-corrected chi connectivity index (χ4v) is 1.65. The first kappa shape index (κ1) is 12.5. The van der Waals surface area contributed by atoms with Gasteiger partial charge in [-0.1, -0.05) is 12.1 Å². The number of anilines is 1. The van der Waals surface area contributed by atoms with E-state index >= 15 is 0 Å². The summed E-state index contributed by atoms with van der Waals surface area (Å²) in [7, 11) is 1.85. The Morgan fingerprint density at radius 1 is 1.22 bits per heavy atom.